The van der Waals surface area contributed by atoms with Crippen LogP contribution in [0.4, 0.5) is 0 Å². The molecule has 1 aliphatic heterocycles. The fourth-order valence-electron chi connectivity index (χ4n) is 3.84. The number of oxime groups is 1. The summed E-state index contributed by atoms with van der Waals surface area (Å²) in [6, 6.07) is 0. The molecule has 0 saturated heterocycles. The topological polar surface area (TPSA) is 85.3 Å². The van der Waals surface area contributed by atoms with Gasteiger partial charge in [0.25, 0.3) is 11.8 Å². The molecule has 7 nitrogen and oxygen atoms in total. The van der Waals surface area contributed by atoms with E-state index in [-0.39, 0.29) is 35.8 Å². The Morgan fingerprint density at radius 3 is 2.37 bits per heavy atom. The van der Waals surface area contributed by atoms with Gasteiger partial charge in [-0.1, -0.05) is 32.9 Å². The lowest BCUT2D eigenvalue weighted by atomic mass is 9.93. The molecule has 2 amide bonds. The highest BCUT2D eigenvalue weighted by Gasteiger charge is 2.62. The van der Waals surface area contributed by atoms with Gasteiger partial charge in [0.15, 0.2) is 6.73 Å². The second kappa shape index (κ2) is 7.44. The van der Waals surface area contributed by atoms with Crippen LogP contribution in [-0.2, 0) is 24.0 Å². The SMILES string of the molecule is CC(C)CON=C[C@H]1[C@@H](C(=O)OCN2C(=O)C3=C(CCCC3)C2=O)C1(C)C. The molecule has 1 heterocycles. The Kier molecular flexibility index (Phi) is 5.40. The van der Waals surface area contributed by atoms with Crippen LogP contribution in [0.5, 0.6) is 0 Å². The van der Waals surface area contributed by atoms with Crippen molar-refractivity contribution in [2.45, 2.75) is 53.4 Å². The van der Waals surface area contributed by atoms with Crippen molar-refractivity contribution in [1.82, 2.24) is 4.90 Å². The molecule has 0 N–H and O–H groups in total. The third kappa shape index (κ3) is 3.77. The van der Waals surface area contributed by atoms with Crippen LogP contribution in [0.25, 0.3) is 0 Å². The summed E-state index contributed by atoms with van der Waals surface area (Å²) in [6.45, 7) is 8.20. The van der Waals surface area contributed by atoms with Gasteiger partial charge in [0.2, 0.25) is 0 Å². The molecular formula is C20H28N2O5. The summed E-state index contributed by atoms with van der Waals surface area (Å²) < 4.78 is 5.32. The largest absolute Gasteiger partial charge is 0.443 e. The van der Waals surface area contributed by atoms with Crippen LogP contribution >= 0.6 is 0 Å². The van der Waals surface area contributed by atoms with Gasteiger partial charge < -0.3 is 9.57 Å². The number of rotatable bonds is 7. The maximum absolute atomic E-state index is 12.5. The molecule has 3 aliphatic rings. The maximum atomic E-state index is 12.5. The molecule has 1 fully saturated rings. The minimum absolute atomic E-state index is 0.0755. The van der Waals surface area contributed by atoms with E-state index in [0.29, 0.717) is 36.5 Å². The Balaban J connectivity index is 1.53. The highest BCUT2D eigenvalue weighted by atomic mass is 16.6. The van der Waals surface area contributed by atoms with Gasteiger partial charge in [0.1, 0.15) is 6.61 Å². The molecule has 7 heteroatoms. The third-order valence-electron chi connectivity index (χ3n) is 5.68. The summed E-state index contributed by atoms with van der Waals surface area (Å²) in [6.07, 6.45) is 4.76. The Morgan fingerprint density at radius 2 is 1.81 bits per heavy atom. The molecule has 0 bridgehead atoms. The van der Waals surface area contributed by atoms with Gasteiger partial charge in [-0.25, -0.2) is 4.90 Å². The molecule has 0 aromatic heterocycles. The van der Waals surface area contributed by atoms with Crippen molar-refractivity contribution in [3.8, 4) is 0 Å². The van der Waals surface area contributed by atoms with E-state index in [1.165, 1.54) is 0 Å². The molecule has 3 rings (SSSR count). The first-order valence-electron chi connectivity index (χ1n) is 9.65. The van der Waals surface area contributed by atoms with E-state index in [2.05, 4.69) is 5.16 Å². The molecule has 0 aromatic rings. The van der Waals surface area contributed by atoms with Crippen LogP contribution in [0.2, 0.25) is 0 Å². The molecule has 0 unspecified atom stereocenters. The maximum Gasteiger partial charge on any atom is 0.311 e. The highest BCUT2D eigenvalue weighted by molar-refractivity contribution is 6.19. The minimum atomic E-state index is -0.411. The lowest BCUT2D eigenvalue weighted by Crippen LogP contribution is -2.35. The third-order valence-corrected chi connectivity index (χ3v) is 5.68. The number of carbonyl (C=O) groups excluding carboxylic acids is 3. The summed E-state index contributed by atoms with van der Waals surface area (Å²) in [5.74, 6) is -1.07. The van der Waals surface area contributed by atoms with E-state index in [9.17, 15) is 14.4 Å². The van der Waals surface area contributed by atoms with E-state index in [0.717, 1.165) is 17.7 Å². The van der Waals surface area contributed by atoms with Gasteiger partial charge in [-0.2, -0.15) is 0 Å². The molecule has 148 valence electrons. The second-order valence-electron chi connectivity index (χ2n) is 8.56. The number of hydrogen-bond acceptors (Lipinski definition) is 6. The Hall–Kier alpha value is -2.18. The average Bonchev–Trinajstić information content (AvgIpc) is 3.08. The Labute approximate surface area is 159 Å². The number of esters is 1. The molecule has 0 radical (unpaired) electrons. The zero-order valence-corrected chi connectivity index (χ0v) is 16.5. The monoisotopic (exact) mass is 376 g/mol. The lowest BCUT2D eigenvalue weighted by Gasteiger charge is -2.15. The van der Waals surface area contributed by atoms with Crippen molar-refractivity contribution in [2.75, 3.05) is 13.3 Å². The van der Waals surface area contributed by atoms with Gasteiger partial charge in [-0.05, 0) is 37.0 Å². The van der Waals surface area contributed by atoms with Gasteiger partial charge in [0, 0.05) is 23.3 Å². The lowest BCUT2D eigenvalue weighted by molar-refractivity contribution is -0.156. The number of hydrogen-bond donors (Lipinski definition) is 0. The number of nitrogens with zero attached hydrogens (tertiary/aromatic N) is 2. The summed E-state index contributed by atoms with van der Waals surface area (Å²) in [5.41, 5.74) is 0.917. The van der Waals surface area contributed by atoms with Crippen molar-refractivity contribution in [2.24, 2.45) is 28.3 Å². The first-order chi connectivity index (χ1) is 12.7. The van der Waals surface area contributed by atoms with Crippen molar-refractivity contribution in [1.29, 1.82) is 0 Å². The quantitative estimate of drug-likeness (QED) is 0.295. The van der Waals surface area contributed by atoms with E-state index in [4.69, 9.17) is 9.57 Å². The normalized spacial score (nSPS) is 26.8. The van der Waals surface area contributed by atoms with Crippen molar-refractivity contribution in [3.05, 3.63) is 11.1 Å². The van der Waals surface area contributed by atoms with Crippen molar-refractivity contribution in [3.63, 3.8) is 0 Å². The fourth-order valence-corrected chi connectivity index (χ4v) is 3.84. The van der Waals surface area contributed by atoms with Crippen LogP contribution in [0.3, 0.4) is 0 Å². The Morgan fingerprint density at radius 1 is 1.22 bits per heavy atom. The number of imide groups is 1. The summed E-state index contributed by atoms with van der Waals surface area (Å²) in [4.78, 5) is 43.5. The number of ether oxygens (including phenoxy) is 1. The standard InChI is InChI=1S/C20H28N2O5/c1-12(2)10-27-21-9-15-16(20(15,3)4)19(25)26-11-22-17(23)13-7-5-6-8-14(13)18(22)24/h9,12,15-16H,5-8,10-11H2,1-4H3/t15-,16-/m0/s1. The van der Waals surface area contributed by atoms with E-state index >= 15 is 0 Å². The Bertz CT molecular complexity index is 679. The fraction of sp³-hybridized carbons (Fsp3) is 0.700. The van der Waals surface area contributed by atoms with Crippen LogP contribution in [0, 0.1) is 23.2 Å². The number of amides is 2. The molecular weight excluding hydrogens is 348 g/mol. The zero-order valence-electron chi connectivity index (χ0n) is 16.5. The van der Waals surface area contributed by atoms with Gasteiger partial charge in [-0.3, -0.25) is 14.4 Å². The van der Waals surface area contributed by atoms with Crippen LogP contribution < -0.4 is 0 Å². The molecule has 27 heavy (non-hydrogen) atoms. The van der Waals surface area contributed by atoms with E-state index in [1.54, 1.807) is 6.21 Å². The van der Waals surface area contributed by atoms with Crippen LogP contribution in [0.15, 0.2) is 16.3 Å². The van der Waals surface area contributed by atoms with Crippen molar-refractivity contribution < 1.29 is 24.0 Å². The predicted octanol–water partition coefficient (Wildman–Crippen LogP) is 2.66. The van der Waals surface area contributed by atoms with Gasteiger partial charge in [0.05, 0.1) is 5.92 Å². The summed E-state index contributed by atoms with van der Waals surface area (Å²) in [5, 5.41) is 3.95. The average molecular weight is 376 g/mol. The molecule has 0 spiro atoms. The minimum Gasteiger partial charge on any atom is -0.443 e. The smallest absolute Gasteiger partial charge is 0.311 e. The van der Waals surface area contributed by atoms with Gasteiger partial charge in [-0.15, -0.1) is 0 Å². The van der Waals surface area contributed by atoms with E-state index < -0.39 is 5.97 Å². The van der Waals surface area contributed by atoms with Crippen LogP contribution in [0.1, 0.15) is 53.4 Å². The number of carbonyl (C=O) groups is 3. The molecule has 1 saturated carbocycles. The zero-order chi connectivity index (χ0) is 19.8. The predicted molar refractivity (Wildman–Crippen MR) is 98.3 cm³/mol. The first-order valence-corrected chi connectivity index (χ1v) is 9.65. The van der Waals surface area contributed by atoms with Crippen molar-refractivity contribution >= 4 is 24.0 Å². The second-order valence-corrected chi connectivity index (χ2v) is 8.56. The first kappa shape index (κ1) is 19.6. The van der Waals surface area contributed by atoms with Crippen LogP contribution in [-0.4, -0.2) is 42.2 Å². The van der Waals surface area contributed by atoms with Gasteiger partial charge >= 0.3 is 5.97 Å². The summed E-state index contributed by atoms with van der Waals surface area (Å²) >= 11 is 0. The highest BCUT2D eigenvalue weighted by Crippen LogP contribution is 2.57. The van der Waals surface area contributed by atoms with E-state index in [1.807, 2.05) is 27.7 Å². The molecule has 2 aliphatic carbocycles. The molecule has 0 aromatic carbocycles. The summed E-state index contributed by atoms with van der Waals surface area (Å²) in [7, 11) is 0. The molecule has 2 atom stereocenters.